The maximum absolute atomic E-state index is 12.9. The van der Waals surface area contributed by atoms with E-state index in [2.05, 4.69) is 10.2 Å². The number of carbonyl (C=O) groups is 1. The van der Waals surface area contributed by atoms with Gasteiger partial charge in [-0.15, -0.1) is 0 Å². The van der Waals surface area contributed by atoms with E-state index >= 15 is 0 Å². The summed E-state index contributed by atoms with van der Waals surface area (Å²) in [6, 6.07) is 6.48. The molecule has 2 rings (SSSR count). The molecule has 9 heteroatoms. The van der Waals surface area contributed by atoms with Crippen molar-refractivity contribution in [1.29, 1.82) is 0 Å². The van der Waals surface area contributed by atoms with Crippen molar-refractivity contribution in [1.82, 2.24) is 14.5 Å². The molecule has 0 radical (unpaired) electrons. The Morgan fingerprint density at radius 1 is 1.20 bits per heavy atom. The molecule has 0 atom stereocenters. The number of hydrogen-bond donors (Lipinski definition) is 1. The van der Waals surface area contributed by atoms with E-state index in [0.29, 0.717) is 51.4 Å². The van der Waals surface area contributed by atoms with Gasteiger partial charge < -0.3 is 19.7 Å². The molecule has 1 saturated heterocycles. The SMILES string of the molecule is CCOc1ccc(S(=O)(=O)N2CCC(C(=O)NCCCN(C)CCOC)CC2)cc1. The zero-order chi connectivity index (χ0) is 22.0. The number of nitrogens with zero attached hydrogens (tertiary/aromatic N) is 2. The lowest BCUT2D eigenvalue weighted by molar-refractivity contribution is -0.126. The molecule has 170 valence electrons. The number of sulfonamides is 1. The molecule has 1 aromatic rings. The minimum Gasteiger partial charge on any atom is -0.494 e. The molecule has 0 spiro atoms. The van der Waals surface area contributed by atoms with Crippen LogP contribution in [-0.2, 0) is 19.6 Å². The molecule has 1 aliphatic rings. The van der Waals surface area contributed by atoms with Crippen molar-refractivity contribution in [2.24, 2.45) is 5.92 Å². The average molecular weight is 442 g/mol. The standard InChI is InChI=1S/C21H35N3O5S/c1-4-29-19-6-8-20(9-7-19)30(26,27)24-14-10-18(11-15-24)21(25)22-12-5-13-23(2)16-17-28-3/h6-9,18H,4-5,10-17H2,1-3H3,(H,22,25). The third-order valence-electron chi connectivity index (χ3n) is 5.29. The summed E-state index contributed by atoms with van der Waals surface area (Å²) in [6.45, 7) is 6.20. The average Bonchev–Trinajstić information content (AvgIpc) is 2.76. The summed E-state index contributed by atoms with van der Waals surface area (Å²) in [7, 11) is 0.162. The molecular formula is C21H35N3O5S. The Morgan fingerprint density at radius 2 is 1.87 bits per heavy atom. The second-order valence-corrected chi connectivity index (χ2v) is 9.46. The van der Waals surface area contributed by atoms with Gasteiger partial charge in [0.15, 0.2) is 0 Å². The van der Waals surface area contributed by atoms with E-state index in [4.69, 9.17) is 9.47 Å². The van der Waals surface area contributed by atoms with Crippen LogP contribution in [0.3, 0.4) is 0 Å². The summed E-state index contributed by atoms with van der Waals surface area (Å²) in [6.07, 6.45) is 1.95. The largest absolute Gasteiger partial charge is 0.494 e. The molecule has 1 heterocycles. The summed E-state index contributed by atoms with van der Waals surface area (Å²) >= 11 is 0. The molecule has 1 N–H and O–H groups in total. The van der Waals surface area contributed by atoms with E-state index in [9.17, 15) is 13.2 Å². The monoisotopic (exact) mass is 441 g/mol. The van der Waals surface area contributed by atoms with Gasteiger partial charge in [0, 0.05) is 39.2 Å². The van der Waals surface area contributed by atoms with Crippen LogP contribution in [0.2, 0.25) is 0 Å². The van der Waals surface area contributed by atoms with E-state index in [0.717, 1.165) is 19.5 Å². The Hall–Kier alpha value is -1.68. The number of amides is 1. The Bertz CT molecular complexity index is 746. The first-order valence-electron chi connectivity index (χ1n) is 10.6. The van der Waals surface area contributed by atoms with Crippen molar-refractivity contribution in [3.8, 4) is 5.75 Å². The predicted molar refractivity (Wildman–Crippen MR) is 116 cm³/mol. The lowest BCUT2D eigenvalue weighted by Gasteiger charge is -2.30. The van der Waals surface area contributed by atoms with Gasteiger partial charge in [-0.05, 0) is 64.0 Å². The van der Waals surface area contributed by atoms with Gasteiger partial charge in [0.25, 0.3) is 0 Å². The zero-order valence-electron chi connectivity index (χ0n) is 18.3. The first kappa shape index (κ1) is 24.6. The number of rotatable bonds is 12. The molecule has 0 aliphatic carbocycles. The van der Waals surface area contributed by atoms with Gasteiger partial charge >= 0.3 is 0 Å². The summed E-state index contributed by atoms with van der Waals surface area (Å²) in [5.41, 5.74) is 0. The van der Waals surface area contributed by atoms with Crippen LogP contribution >= 0.6 is 0 Å². The van der Waals surface area contributed by atoms with Crippen molar-refractivity contribution in [2.75, 3.05) is 60.1 Å². The molecule has 1 amide bonds. The Morgan fingerprint density at radius 3 is 2.47 bits per heavy atom. The van der Waals surface area contributed by atoms with Crippen LogP contribution in [0.25, 0.3) is 0 Å². The molecule has 8 nitrogen and oxygen atoms in total. The van der Waals surface area contributed by atoms with Crippen LogP contribution in [0.1, 0.15) is 26.2 Å². The highest BCUT2D eigenvalue weighted by atomic mass is 32.2. The number of likely N-dealkylation sites (N-methyl/N-ethyl adjacent to an activating group) is 1. The lowest BCUT2D eigenvalue weighted by atomic mass is 9.97. The highest BCUT2D eigenvalue weighted by molar-refractivity contribution is 7.89. The number of methoxy groups -OCH3 is 1. The number of ether oxygens (including phenoxy) is 2. The number of piperidine rings is 1. The molecule has 0 bridgehead atoms. The van der Waals surface area contributed by atoms with E-state index < -0.39 is 10.0 Å². The second-order valence-electron chi connectivity index (χ2n) is 7.52. The molecule has 0 aromatic heterocycles. The van der Waals surface area contributed by atoms with Gasteiger partial charge in [-0.2, -0.15) is 4.31 Å². The van der Waals surface area contributed by atoms with Crippen LogP contribution in [0, 0.1) is 5.92 Å². The first-order chi connectivity index (χ1) is 14.4. The fourth-order valence-corrected chi connectivity index (χ4v) is 4.92. The third kappa shape index (κ3) is 7.23. The van der Waals surface area contributed by atoms with Gasteiger partial charge in [-0.3, -0.25) is 4.79 Å². The lowest BCUT2D eigenvalue weighted by Crippen LogP contribution is -2.43. The van der Waals surface area contributed by atoms with E-state index in [1.165, 1.54) is 4.31 Å². The van der Waals surface area contributed by atoms with E-state index in [1.807, 2.05) is 14.0 Å². The fourth-order valence-electron chi connectivity index (χ4n) is 3.45. The topological polar surface area (TPSA) is 88.2 Å². The minimum absolute atomic E-state index is 0.0210. The van der Waals surface area contributed by atoms with Gasteiger partial charge in [-0.1, -0.05) is 0 Å². The van der Waals surface area contributed by atoms with E-state index in [-0.39, 0.29) is 16.7 Å². The van der Waals surface area contributed by atoms with E-state index in [1.54, 1.807) is 31.4 Å². The first-order valence-corrected chi connectivity index (χ1v) is 12.0. The molecule has 0 unspecified atom stereocenters. The molecule has 1 aliphatic heterocycles. The summed E-state index contributed by atoms with van der Waals surface area (Å²) in [4.78, 5) is 14.8. The van der Waals surface area contributed by atoms with Crippen molar-refractivity contribution in [3.63, 3.8) is 0 Å². The Kier molecular flexibility index (Phi) is 10.0. The zero-order valence-corrected chi connectivity index (χ0v) is 19.1. The minimum atomic E-state index is -3.55. The highest BCUT2D eigenvalue weighted by Gasteiger charge is 2.32. The van der Waals surface area contributed by atoms with Crippen LogP contribution in [0.15, 0.2) is 29.2 Å². The highest BCUT2D eigenvalue weighted by Crippen LogP contribution is 2.25. The molecule has 30 heavy (non-hydrogen) atoms. The predicted octanol–water partition coefficient (Wildman–Crippen LogP) is 1.57. The third-order valence-corrected chi connectivity index (χ3v) is 7.20. The maximum Gasteiger partial charge on any atom is 0.243 e. The molecule has 0 saturated carbocycles. The quantitative estimate of drug-likeness (QED) is 0.496. The van der Waals surface area contributed by atoms with Crippen LogP contribution in [0.4, 0.5) is 0 Å². The Labute approximate surface area is 180 Å². The van der Waals surface area contributed by atoms with Crippen LogP contribution < -0.4 is 10.1 Å². The van der Waals surface area contributed by atoms with Gasteiger partial charge in [0.1, 0.15) is 5.75 Å². The van der Waals surface area contributed by atoms with Gasteiger partial charge in [0.05, 0.1) is 18.1 Å². The summed E-state index contributed by atoms with van der Waals surface area (Å²) < 4.78 is 37.6. The normalized spacial score (nSPS) is 16.0. The van der Waals surface area contributed by atoms with Gasteiger partial charge in [-0.25, -0.2) is 8.42 Å². The van der Waals surface area contributed by atoms with Crippen molar-refractivity contribution >= 4 is 15.9 Å². The van der Waals surface area contributed by atoms with Crippen LogP contribution in [0.5, 0.6) is 5.75 Å². The molecule has 1 aromatic carbocycles. The van der Waals surface area contributed by atoms with Crippen molar-refractivity contribution in [3.05, 3.63) is 24.3 Å². The number of hydrogen-bond acceptors (Lipinski definition) is 6. The summed E-state index contributed by atoms with van der Waals surface area (Å²) in [5.74, 6) is 0.535. The maximum atomic E-state index is 12.9. The second kappa shape index (κ2) is 12.2. The van der Waals surface area contributed by atoms with Crippen molar-refractivity contribution < 1.29 is 22.7 Å². The number of carbonyl (C=O) groups excluding carboxylic acids is 1. The number of benzene rings is 1. The van der Waals surface area contributed by atoms with Crippen LogP contribution in [-0.4, -0.2) is 83.6 Å². The molecule has 1 fully saturated rings. The van der Waals surface area contributed by atoms with Crippen molar-refractivity contribution in [2.45, 2.75) is 31.1 Å². The molecular weight excluding hydrogens is 406 g/mol. The number of nitrogens with one attached hydrogen (secondary N) is 1. The Balaban J connectivity index is 1.76. The summed E-state index contributed by atoms with van der Waals surface area (Å²) in [5, 5.41) is 2.99. The fraction of sp³-hybridized carbons (Fsp3) is 0.667. The van der Waals surface area contributed by atoms with Gasteiger partial charge in [0.2, 0.25) is 15.9 Å². The smallest absolute Gasteiger partial charge is 0.243 e.